The third kappa shape index (κ3) is 2.90. The number of hydrogen-bond acceptors (Lipinski definition) is 5. The average Bonchev–Trinajstić information content (AvgIpc) is 2.69. The molecule has 0 aliphatic carbocycles. The first kappa shape index (κ1) is 13.5. The van der Waals surface area contributed by atoms with Crippen LogP contribution in [0.3, 0.4) is 0 Å². The lowest BCUT2D eigenvalue weighted by Gasteiger charge is -2.22. The predicted molar refractivity (Wildman–Crippen MR) is 64.8 cm³/mol. The van der Waals surface area contributed by atoms with Crippen molar-refractivity contribution in [1.82, 2.24) is 9.88 Å². The van der Waals surface area contributed by atoms with Gasteiger partial charge in [0.05, 0.1) is 6.10 Å². The van der Waals surface area contributed by atoms with Crippen LogP contribution >= 0.6 is 0 Å². The number of hydrogen-bond donors (Lipinski definition) is 1. The van der Waals surface area contributed by atoms with Crippen molar-refractivity contribution >= 4 is 10.0 Å². The molecule has 1 aliphatic rings. The molecule has 6 nitrogen and oxygen atoms in total. The molecular weight excluding hydrogens is 256 g/mol. The monoisotopic (exact) mass is 274 g/mol. The van der Waals surface area contributed by atoms with Crippen molar-refractivity contribution in [1.29, 1.82) is 0 Å². The number of aryl methyl sites for hydroxylation is 2. The van der Waals surface area contributed by atoms with Crippen molar-refractivity contribution < 1.29 is 17.7 Å². The molecule has 1 saturated heterocycles. The summed E-state index contributed by atoms with van der Waals surface area (Å²) in [6, 6.07) is 0. The van der Waals surface area contributed by atoms with Crippen LogP contribution in [0.15, 0.2) is 9.42 Å². The van der Waals surface area contributed by atoms with E-state index in [0.717, 1.165) is 19.3 Å². The molecule has 1 aliphatic heterocycles. The van der Waals surface area contributed by atoms with Gasteiger partial charge in [-0.1, -0.05) is 5.16 Å². The first-order chi connectivity index (χ1) is 8.50. The van der Waals surface area contributed by atoms with E-state index >= 15 is 0 Å². The highest BCUT2D eigenvalue weighted by atomic mass is 32.2. The van der Waals surface area contributed by atoms with E-state index in [1.54, 1.807) is 13.8 Å². The molecule has 2 heterocycles. The fraction of sp³-hybridized carbons (Fsp3) is 0.727. The van der Waals surface area contributed by atoms with E-state index in [2.05, 4.69) is 9.88 Å². The van der Waals surface area contributed by atoms with Gasteiger partial charge in [-0.05, 0) is 33.1 Å². The first-order valence-electron chi connectivity index (χ1n) is 6.05. The third-order valence-corrected chi connectivity index (χ3v) is 4.68. The van der Waals surface area contributed by atoms with E-state index in [4.69, 9.17) is 9.26 Å². The zero-order valence-electron chi connectivity index (χ0n) is 10.6. The Balaban J connectivity index is 2.03. The summed E-state index contributed by atoms with van der Waals surface area (Å²) in [5.41, 5.74) is 0.379. The highest BCUT2D eigenvalue weighted by molar-refractivity contribution is 7.89. The lowest BCUT2D eigenvalue weighted by Crippen LogP contribution is -2.35. The molecule has 1 fully saturated rings. The summed E-state index contributed by atoms with van der Waals surface area (Å²) in [5, 5.41) is 3.65. The van der Waals surface area contributed by atoms with E-state index in [1.165, 1.54) is 0 Å². The van der Waals surface area contributed by atoms with Gasteiger partial charge in [-0.3, -0.25) is 0 Å². The number of rotatable bonds is 4. The van der Waals surface area contributed by atoms with Crippen molar-refractivity contribution in [2.24, 2.45) is 0 Å². The van der Waals surface area contributed by atoms with E-state index in [9.17, 15) is 8.42 Å². The first-order valence-corrected chi connectivity index (χ1v) is 7.53. The van der Waals surface area contributed by atoms with E-state index < -0.39 is 10.0 Å². The molecule has 1 N–H and O–H groups in total. The lowest BCUT2D eigenvalue weighted by molar-refractivity contribution is 0.0200. The van der Waals surface area contributed by atoms with Crippen molar-refractivity contribution in [3.05, 3.63) is 11.5 Å². The Morgan fingerprint density at radius 1 is 1.39 bits per heavy atom. The van der Waals surface area contributed by atoms with Gasteiger partial charge < -0.3 is 9.26 Å². The van der Waals surface area contributed by atoms with Gasteiger partial charge in [0.2, 0.25) is 10.0 Å². The summed E-state index contributed by atoms with van der Waals surface area (Å²) in [6.45, 7) is 4.21. The summed E-state index contributed by atoms with van der Waals surface area (Å²) in [7, 11) is -3.56. The Hall–Kier alpha value is -0.920. The van der Waals surface area contributed by atoms with Crippen molar-refractivity contribution in [3.63, 3.8) is 0 Å². The molecule has 102 valence electrons. The minimum absolute atomic E-state index is 0.0333. The molecule has 0 bridgehead atoms. The molecule has 2 rings (SSSR count). The minimum Gasteiger partial charge on any atom is -0.377 e. The standard InChI is InChI=1S/C11H18N2O4S/c1-8-11(9(2)17-13-8)18(14,15)12-7-10-5-3-4-6-16-10/h10,12H,3-7H2,1-2H3. The number of aromatic nitrogens is 1. The molecule has 0 saturated carbocycles. The van der Waals surface area contributed by atoms with Gasteiger partial charge in [0.25, 0.3) is 0 Å². The van der Waals surface area contributed by atoms with Crippen LogP contribution in [0.1, 0.15) is 30.7 Å². The SMILES string of the molecule is Cc1noc(C)c1S(=O)(=O)NCC1CCCCO1. The summed E-state index contributed by atoms with van der Waals surface area (Å²) in [4.78, 5) is 0.137. The van der Waals surface area contributed by atoms with Gasteiger partial charge in [-0.2, -0.15) is 0 Å². The Morgan fingerprint density at radius 2 is 2.17 bits per heavy atom. The molecule has 0 spiro atoms. The minimum atomic E-state index is -3.56. The van der Waals surface area contributed by atoms with Crippen LogP contribution in [0.2, 0.25) is 0 Å². The second kappa shape index (κ2) is 5.38. The number of nitrogens with one attached hydrogen (secondary N) is 1. The Kier molecular flexibility index (Phi) is 4.04. The molecule has 1 aromatic rings. The van der Waals surface area contributed by atoms with Gasteiger partial charge in [0, 0.05) is 13.2 Å². The fourth-order valence-electron chi connectivity index (χ4n) is 2.10. The second-order valence-electron chi connectivity index (χ2n) is 4.49. The Bertz CT molecular complexity index is 484. The summed E-state index contributed by atoms with van der Waals surface area (Å²) in [5.74, 6) is 0.310. The molecule has 18 heavy (non-hydrogen) atoms. The van der Waals surface area contributed by atoms with Crippen molar-refractivity contribution in [2.75, 3.05) is 13.2 Å². The molecule has 0 aromatic carbocycles. The van der Waals surface area contributed by atoms with Crippen LogP contribution in [-0.2, 0) is 14.8 Å². The van der Waals surface area contributed by atoms with Gasteiger partial charge in [0.15, 0.2) is 5.76 Å². The molecule has 0 amide bonds. The van der Waals surface area contributed by atoms with Gasteiger partial charge in [-0.25, -0.2) is 13.1 Å². The fourth-order valence-corrected chi connectivity index (χ4v) is 3.49. The zero-order chi connectivity index (χ0) is 13.2. The zero-order valence-corrected chi connectivity index (χ0v) is 11.4. The van der Waals surface area contributed by atoms with Crippen LogP contribution < -0.4 is 4.72 Å². The van der Waals surface area contributed by atoms with E-state index in [1.807, 2.05) is 0 Å². The molecule has 7 heteroatoms. The van der Waals surface area contributed by atoms with Crippen LogP contribution in [0, 0.1) is 13.8 Å². The second-order valence-corrected chi connectivity index (χ2v) is 6.20. The molecule has 1 atom stereocenters. The molecular formula is C11H18N2O4S. The smallest absolute Gasteiger partial charge is 0.246 e. The van der Waals surface area contributed by atoms with Gasteiger partial charge in [-0.15, -0.1) is 0 Å². The predicted octanol–water partition coefficient (Wildman–Crippen LogP) is 1.14. The van der Waals surface area contributed by atoms with Gasteiger partial charge >= 0.3 is 0 Å². The highest BCUT2D eigenvalue weighted by Gasteiger charge is 2.25. The average molecular weight is 274 g/mol. The largest absolute Gasteiger partial charge is 0.377 e. The maximum Gasteiger partial charge on any atom is 0.246 e. The Morgan fingerprint density at radius 3 is 2.72 bits per heavy atom. The van der Waals surface area contributed by atoms with Crippen LogP contribution in [-0.4, -0.2) is 32.8 Å². The number of ether oxygens (including phenoxy) is 1. The Labute approximate surface area is 107 Å². The quantitative estimate of drug-likeness (QED) is 0.890. The van der Waals surface area contributed by atoms with E-state index in [0.29, 0.717) is 24.6 Å². The normalized spacial score (nSPS) is 21.1. The lowest BCUT2D eigenvalue weighted by atomic mass is 10.1. The molecule has 0 radical (unpaired) electrons. The molecule has 1 aromatic heterocycles. The van der Waals surface area contributed by atoms with Crippen molar-refractivity contribution in [3.8, 4) is 0 Å². The third-order valence-electron chi connectivity index (χ3n) is 3.01. The summed E-state index contributed by atoms with van der Waals surface area (Å²) in [6.07, 6.45) is 2.99. The topological polar surface area (TPSA) is 81.4 Å². The maximum atomic E-state index is 12.1. The highest BCUT2D eigenvalue weighted by Crippen LogP contribution is 2.19. The van der Waals surface area contributed by atoms with E-state index in [-0.39, 0.29) is 11.0 Å². The van der Waals surface area contributed by atoms with Crippen molar-refractivity contribution in [2.45, 2.75) is 44.1 Å². The van der Waals surface area contributed by atoms with Gasteiger partial charge in [0.1, 0.15) is 10.6 Å². The maximum absolute atomic E-state index is 12.1. The summed E-state index contributed by atoms with van der Waals surface area (Å²) >= 11 is 0. The summed E-state index contributed by atoms with van der Waals surface area (Å²) < 4.78 is 37.1. The molecule has 1 unspecified atom stereocenters. The van der Waals surface area contributed by atoms with Crippen LogP contribution in [0.4, 0.5) is 0 Å². The number of sulfonamides is 1. The number of nitrogens with zero attached hydrogens (tertiary/aromatic N) is 1. The van der Waals surface area contributed by atoms with Crippen LogP contribution in [0.5, 0.6) is 0 Å². The van der Waals surface area contributed by atoms with Crippen LogP contribution in [0.25, 0.3) is 0 Å².